The molecule has 0 amide bonds. The van der Waals surface area contributed by atoms with E-state index in [1.165, 1.54) is 6.21 Å². The van der Waals surface area contributed by atoms with Crippen LogP contribution in [-0.2, 0) is 9.26 Å². The summed E-state index contributed by atoms with van der Waals surface area (Å²) in [4.78, 5) is 5.52. The van der Waals surface area contributed by atoms with Crippen molar-refractivity contribution in [2.24, 2.45) is 5.16 Å². The summed E-state index contributed by atoms with van der Waals surface area (Å²) in [5, 5.41) is 3.91. The molecule has 0 saturated heterocycles. The van der Waals surface area contributed by atoms with Crippen LogP contribution in [-0.4, -0.2) is 21.1 Å². The lowest BCUT2D eigenvalue weighted by Crippen LogP contribution is -2.47. The molecule has 0 bridgehead atoms. The van der Waals surface area contributed by atoms with Gasteiger partial charge in [0, 0.05) is 18.6 Å². The summed E-state index contributed by atoms with van der Waals surface area (Å²) in [7, 11) is -1.79. The molecule has 0 saturated carbocycles. The maximum absolute atomic E-state index is 6.59. The molecule has 154 valence electrons. The molecule has 1 unspecified atom stereocenters. The van der Waals surface area contributed by atoms with E-state index in [0.29, 0.717) is 16.6 Å². The predicted octanol–water partition coefficient (Wildman–Crippen LogP) is 6.89. The van der Waals surface area contributed by atoms with E-state index < -0.39 is 8.32 Å². The number of rotatable bonds is 11. The molecule has 0 aliphatic rings. The molecular formula is C24H37NO2Si. The first-order valence-corrected chi connectivity index (χ1v) is 12.5. The van der Waals surface area contributed by atoms with Crippen LogP contribution >= 0.6 is 0 Å². The van der Waals surface area contributed by atoms with Crippen LogP contribution in [0.2, 0.25) is 16.6 Å². The van der Waals surface area contributed by atoms with Crippen LogP contribution in [0, 0.1) is 11.8 Å². The molecule has 0 aliphatic heterocycles. The van der Waals surface area contributed by atoms with E-state index in [4.69, 9.17) is 9.26 Å². The average molecular weight is 400 g/mol. The molecule has 1 atom stereocenters. The number of hydrogen-bond acceptors (Lipinski definition) is 3. The van der Waals surface area contributed by atoms with Crippen molar-refractivity contribution in [1.82, 2.24) is 0 Å². The normalized spacial score (nSPS) is 13.0. The summed E-state index contributed by atoms with van der Waals surface area (Å²) >= 11 is 0. The first-order valence-electron chi connectivity index (χ1n) is 10.3. The Morgan fingerprint density at radius 2 is 1.64 bits per heavy atom. The molecule has 1 aromatic carbocycles. The van der Waals surface area contributed by atoms with Crippen molar-refractivity contribution in [3.05, 3.63) is 48.6 Å². The Morgan fingerprint density at radius 1 is 1.04 bits per heavy atom. The summed E-state index contributed by atoms with van der Waals surface area (Å²) in [5.41, 5.74) is 2.82. The van der Waals surface area contributed by atoms with Crippen LogP contribution in [0.4, 0.5) is 0 Å². The Hall–Kier alpha value is -1.83. The molecule has 1 rings (SSSR count). The maximum atomic E-state index is 6.59. The highest BCUT2D eigenvalue weighted by atomic mass is 28.4. The summed E-state index contributed by atoms with van der Waals surface area (Å²) in [6.45, 7) is 18.3. The topological polar surface area (TPSA) is 30.8 Å². The molecule has 4 heteroatoms. The molecule has 0 heterocycles. The monoisotopic (exact) mass is 399 g/mol. The third-order valence-electron chi connectivity index (χ3n) is 5.17. The first kappa shape index (κ1) is 24.2. The highest BCUT2D eigenvalue weighted by Gasteiger charge is 2.44. The molecule has 0 N–H and O–H groups in total. The molecule has 0 aliphatic carbocycles. The lowest BCUT2D eigenvalue weighted by Gasteiger charge is -2.42. The summed E-state index contributed by atoms with van der Waals surface area (Å²) in [6.07, 6.45) is 4.47. The summed E-state index contributed by atoms with van der Waals surface area (Å²) in [6, 6.07) is 9.94. The number of hydrogen-bond donors (Lipinski definition) is 0. The Bertz CT molecular complexity index is 634. The van der Waals surface area contributed by atoms with Crippen LogP contribution in [0.15, 0.2) is 48.1 Å². The molecule has 0 radical (unpaired) electrons. The Kier molecular flexibility index (Phi) is 10.9. The SMILES string of the molecule is C=C/C=N/OC(C#CCCCO[Si](C(C)C)(C(C)C)C(C)C)c1ccccc1. The second kappa shape index (κ2) is 12.6. The molecule has 1 aromatic rings. The van der Waals surface area contributed by atoms with Crippen LogP contribution in [0.25, 0.3) is 0 Å². The van der Waals surface area contributed by atoms with E-state index in [0.717, 1.165) is 25.0 Å². The van der Waals surface area contributed by atoms with Crippen molar-refractivity contribution in [1.29, 1.82) is 0 Å². The first-order chi connectivity index (χ1) is 13.4. The van der Waals surface area contributed by atoms with Gasteiger partial charge in [-0.05, 0) is 29.1 Å². The zero-order valence-corrected chi connectivity index (χ0v) is 19.4. The molecule has 28 heavy (non-hydrogen) atoms. The largest absolute Gasteiger partial charge is 0.416 e. The van der Waals surface area contributed by atoms with Gasteiger partial charge in [0.05, 0.1) is 6.21 Å². The predicted molar refractivity (Wildman–Crippen MR) is 123 cm³/mol. The fraction of sp³-hybridized carbons (Fsp3) is 0.542. The van der Waals surface area contributed by atoms with E-state index in [-0.39, 0.29) is 6.10 Å². The summed E-state index contributed by atoms with van der Waals surface area (Å²) < 4.78 is 6.59. The van der Waals surface area contributed by atoms with Gasteiger partial charge in [-0.15, -0.1) is 0 Å². The van der Waals surface area contributed by atoms with Gasteiger partial charge in [-0.1, -0.05) is 95.4 Å². The van der Waals surface area contributed by atoms with Crippen molar-refractivity contribution >= 4 is 14.5 Å². The zero-order chi connectivity index (χ0) is 21.0. The van der Waals surface area contributed by atoms with Gasteiger partial charge in [0.25, 0.3) is 0 Å². The number of oxime groups is 1. The highest BCUT2D eigenvalue weighted by Crippen LogP contribution is 2.42. The Labute approximate surface area is 173 Å². The second-order valence-electron chi connectivity index (χ2n) is 7.98. The third kappa shape index (κ3) is 6.96. The van der Waals surface area contributed by atoms with E-state index in [9.17, 15) is 0 Å². The number of unbranched alkanes of at least 4 members (excludes halogenated alkanes) is 1. The van der Waals surface area contributed by atoms with Crippen molar-refractivity contribution in [2.45, 2.75) is 77.1 Å². The van der Waals surface area contributed by atoms with Gasteiger partial charge < -0.3 is 9.26 Å². The van der Waals surface area contributed by atoms with E-state index in [1.54, 1.807) is 6.08 Å². The van der Waals surface area contributed by atoms with Crippen LogP contribution < -0.4 is 0 Å². The molecule has 0 fully saturated rings. The van der Waals surface area contributed by atoms with Crippen LogP contribution in [0.5, 0.6) is 0 Å². The van der Waals surface area contributed by atoms with Crippen LogP contribution in [0.1, 0.15) is 66.1 Å². The fourth-order valence-electron chi connectivity index (χ4n) is 4.01. The lowest BCUT2D eigenvalue weighted by atomic mass is 10.1. The van der Waals surface area contributed by atoms with Gasteiger partial charge in [0.2, 0.25) is 6.10 Å². The fourth-order valence-corrected chi connectivity index (χ4v) is 9.51. The highest BCUT2D eigenvalue weighted by molar-refractivity contribution is 6.77. The number of benzene rings is 1. The second-order valence-corrected chi connectivity index (χ2v) is 13.4. The van der Waals surface area contributed by atoms with Crippen molar-refractivity contribution < 1.29 is 9.26 Å². The van der Waals surface area contributed by atoms with Crippen molar-refractivity contribution in [3.63, 3.8) is 0 Å². The number of allylic oxidation sites excluding steroid dienone is 1. The van der Waals surface area contributed by atoms with Crippen molar-refractivity contribution in [3.8, 4) is 11.8 Å². The lowest BCUT2D eigenvalue weighted by molar-refractivity contribution is 0.101. The molecule has 3 nitrogen and oxygen atoms in total. The average Bonchev–Trinajstić information content (AvgIpc) is 2.65. The van der Waals surface area contributed by atoms with Gasteiger partial charge in [-0.3, -0.25) is 0 Å². The smallest absolute Gasteiger partial charge is 0.212 e. The minimum atomic E-state index is -1.79. The van der Waals surface area contributed by atoms with Crippen molar-refractivity contribution in [2.75, 3.05) is 6.61 Å². The van der Waals surface area contributed by atoms with E-state index in [1.807, 2.05) is 30.3 Å². The maximum Gasteiger partial charge on any atom is 0.212 e. The van der Waals surface area contributed by atoms with Gasteiger partial charge in [0.1, 0.15) is 0 Å². The van der Waals surface area contributed by atoms with E-state index in [2.05, 4.69) is 65.1 Å². The Balaban J connectivity index is 2.66. The standard InChI is InChI=1S/C24H37NO2Si/c1-8-18-25-27-24(23-15-11-9-12-16-23)17-13-10-14-19-26-28(20(2)3,21(4)5)22(6)7/h8-9,11-12,15-16,18,20-22,24H,1,10,14,19H2,2-7H3/b25-18+. The Morgan fingerprint density at radius 3 is 2.18 bits per heavy atom. The molecule has 0 aromatic heterocycles. The third-order valence-corrected chi connectivity index (χ3v) is 11.3. The van der Waals surface area contributed by atoms with Crippen LogP contribution in [0.3, 0.4) is 0 Å². The molecule has 0 spiro atoms. The van der Waals surface area contributed by atoms with Gasteiger partial charge in [-0.2, -0.15) is 0 Å². The quantitative estimate of drug-likeness (QED) is 0.133. The minimum Gasteiger partial charge on any atom is -0.416 e. The van der Waals surface area contributed by atoms with E-state index >= 15 is 0 Å². The van der Waals surface area contributed by atoms with Gasteiger partial charge in [0.15, 0.2) is 8.32 Å². The van der Waals surface area contributed by atoms with Gasteiger partial charge in [-0.25, -0.2) is 0 Å². The number of nitrogens with zero attached hydrogens (tertiary/aromatic N) is 1. The minimum absolute atomic E-state index is 0.367. The summed E-state index contributed by atoms with van der Waals surface area (Å²) in [5.74, 6) is 6.44. The zero-order valence-electron chi connectivity index (χ0n) is 18.4. The molecular weight excluding hydrogens is 362 g/mol. The van der Waals surface area contributed by atoms with Gasteiger partial charge >= 0.3 is 0 Å².